The average molecular weight is 244 g/mol. The van der Waals surface area contributed by atoms with Gasteiger partial charge in [-0.25, -0.2) is 0 Å². The standard InChI is InChI=1S/2CH3N2Se/c2*2-1(3)4/h2*(H3,2,3). The Morgan fingerprint density at radius 3 is 1.00 bits per heavy atom. The molecule has 0 bridgehead atoms. The molecule has 0 rings (SSSR count). The molecule has 0 fully saturated rings. The molecular weight excluding hydrogens is 238 g/mol. The molecule has 0 aliphatic rings. The first-order valence-electron chi connectivity index (χ1n) is 1.49. The number of nitrogens with one attached hydrogen (secondary N) is 2. The van der Waals surface area contributed by atoms with Crippen molar-refractivity contribution in [2.75, 3.05) is 0 Å². The zero-order valence-electron chi connectivity index (χ0n) is 3.97. The van der Waals surface area contributed by atoms with Gasteiger partial charge in [0.05, 0.1) is 0 Å². The van der Waals surface area contributed by atoms with Crippen molar-refractivity contribution in [1.82, 2.24) is 0 Å². The van der Waals surface area contributed by atoms with Crippen LogP contribution < -0.4 is 11.5 Å². The molecule has 0 aromatic carbocycles. The fourth-order valence-electron chi connectivity index (χ4n) is 0. The van der Waals surface area contributed by atoms with Gasteiger partial charge in [0.25, 0.3) is 0 Å². The van der Waals surface area contributed by atoms with E-state index in [1.807, 2.05) is 0 Å². The van der Waals surface area contributed by atoms with Crippen LogP contribution in [-0.4, -0.2) is 41.5 Å². The molecular formula is C2H6N4Se2. The Bertz CT molecular complexity index is 70.0. The summed E-state index contributed by atoms with van der Waals surface area (Å²) < 4.78 is 0.0833. The predicted octanol–water partition coefficient (Wildman–Crippen LogP) is -1.90. The minimum atomic E-state index is 0.0417. The Kier molecular flexibility index (Phi) is 9.48. The van der Waals surface area contributed by atoms with Crippen LogP contribution in [0.4, 0.5) is 0 Å². The first-order valence-corrected chi connectivity index (χ1v) is 3.20. The van der Waals surface area contributed by atoms with E-state index in [4.69, 9.17) is 10.8 Å². The summed E-state index contributed by atoms with van der Waals surface area (Å²) in [5.74, 6) is 0. The Balaban J connectivity index is 0. The number of hydrogen-bond acceptors (Lipinski definition) is 2. The molecule has 0 amide bonds. The van der Waals surface area contributed by atoms with E-state index in [1.54, 1.807) is 0 Å². The first-order chi connectivity index (χ1) is 3.46. The molecule has 6 N–H and O–H groups in total. The van der Waals surface area contributed by atoms with Gasteiger partial charge >= 0.3 is 63.8 Å². The van der Waals surface area contributed by atoms with Crippen molar-refractivity contribution in [3.63, 3.8) is 0 Å². The van der Waals surface area contributed by atoms with Gasteiger partial charge in [-0.1, -0.05) is 0 Å². The molecule has 0 aromatic rings. The van der Waals surface area contributed by atoms with E-state index in [0.29, 0.717) is 0 Å². The van der Waals surface area contributed by atoms with Crippen LogP contribution in [0.3, 0.4) is 0 Å². The fraction of sp³-hybridized carbons (Fsp3) is 0. The summed E-state index contributed by atoms with van der Waals surface area (Å²) in [6, 6.07) is 0. The van der Waals surface area contributed by atoms with E-state index in [-0.39, 0.29) is 9.47 Å². The first kappa shape index (κ1) is 10.9. The molecule has 8 heavy (non-hydrogen) atoms. The van der Waals surface area contributed by atoms with E-state index in [1.165, 1.54) is 0 Å². The third kappa shape index (κ3) is 335000. The molecule has 46 valence electrons. The summed E-state index contributed by atoms with van der Waals surface area (Å²) in [4.78, 5) is 0. The Hall–Kier alpha value is -0.0210. The molecule has 2 radical (unpaired) electrons. The van der Waals surface area contributed by atoms with Gasteiger partial charge in [-0.15, -0.1) is 0 Å². The molecule has 0 aromatic heterocycles. The average Bonchev–Trinajstić information content (AvgIpc) is 1.25. The molecule has 6 heteroatoms. The van der Waals surface area contributed by atoms with Crippen LogP contribution in [-0.2, 0) is 0 Å². The van der Waals surface area contributed by atoms with Crippen LogP contribution in [0.25, 0.3) is 0 Å². The maximum absolute atomic E-state index is 6.22. The van der Waals surface area contributed by atoms with Crippen LogP contribution >= 0.6 is 0 Å². The monoisotopic (exact) mass is 246 g/mol. The summed E-state index contributed by atoms with van der Waals surface area (Å²) in [6.07, 6.45) is 0. The van der Waals surface area contributed by atoms with Crippen molar-refractivity contribution in [3.8, 4) is 0 Å². The molecule has 0 aliphatic carbocycles. The summed E-state index contributed by atoms with van der Waals surface area (Å²) >= 11 is 4.53. The van der Waals surface area contributed by atoms with Crippen LogP contribution in [0.1, 0.15) is 0 Å². The van der Waals surface area contributed by atoms with Gasteiger partial charge in [-0.2, -0.15) is 0 Å². The zero-order chi connectivity index (χ0) is 7.15. The van der Waals surface area contributed by atoms with Gasteiger partial charge in [0.15, 0.2) is 0 Å². The summed E-state index contributed by atoms with van der Waals surface area (Å²) in [5.41, 5.74) is 9.28. The van der Waals surface area contributed by atoms with Crippen LogP contribution in [0.15, 0.2) is 0 Å². The van der Waals surface area contributed by atoms with Crippen molar-refractivity contribution < 1.29 is 0 Å². The van der Waals surface area contributed by atoms with Crippen molar-refractivity contribution in [1.29, 1.82) is 10.8 Å². The van der Waals surface area contributed by atoms with E-state index in [9.17, 15) is 0 Å². The fourth-order valence-corrected chi connectivity index (χ4v) is 0. The van der Waals surface area contributed by atoms with Crippen LogP contribution in [0.2, 0.25) is 0 Å². The van der Waals surface area contributed by atoms with Gasteiger partial charge in [0.1, 0.15) is 0 Å². The predicted molar refractivity (Wildman–Crippen MR) is 35.3 cm³/mol. The summed E-state index contributed by atoms with van der Waals surface area (Å²) in [6.45, 7) is 0. The number of amidine groups is 2. The van der Waals surface area contributed by atoms with Crippen molar-refractivity contribution in [2.45, 2.75) is 0 Å². The van der Waals surface area contributed by atoms with Crippen molar-refractivity contribution >= 4 is 41.5 Å². The molecule has 4 nitrogen and oxygen atoms in total. The van der Waals surface area contributed by atoms with Crippen LogP contribution in [0.5, 0.6) is 0 Å². The third-order valence-corrected chi connectivity index (χ3v) is 0. The quantitative estimate of drug-likeness (QED) is 0.227. The van der Waals surface area contributed by atoms with Gasteiger partial charge in [0, 0.05) is 0 Å². The Morgan fingerprint density at radius 2 is 1.00 bits per heavy atom. The molecule has 0 unspecified atom stereocenters. The Labute approximate surface area is 64.0 Å². The van der Waals surface area contributed by atoms with E-state index < -0.39 is 0 Å². The topological polar surface area (TPSA) is 99.7 Å². The second kappa shape index (κ2) is 6.98. The molecule has 0 saturated carbocycles. The van der Waals surface area contributed by atoms with Gasteiger partial charge in [-0.3, -0.25) is 0 Å². The summed E-state index contributed by atoms with van der Waals surface area (Å²) in [7, 11) is 0. The normalized spacial score (nSPS) is 6.00. The van der Waals surface area contributed by atoms with Gasteiger partial charge in [-0.05, 0) is 0 Å². The van der Waals surface area contributed by atoms with Crippen LogP contribution in [0, 0.1) is 10.8 Å². The number of nitrogens with two attached hydrogens (primary N) is 2. The van der Waals surface area contributed by atoms with E-state index in [2.05, 4.69) is 43.5 Å². The van der Waals surface area contributed by atoms with E-state index in [0.717, 1.165) is 0 Å². The summed E-state index contributed by atoms with van der Waals surface area (Å²) in [5, 5.41) is 12.4. The van der Waals surface area contributed by atoms with E-state index >= 15 is 0 Å². The molecule has 0 atom stereocenters. The SMILES string of the molecule is N=C(N)[Se].N=C(N)[Se]. The molecule has 0 aliphatic heterocycles. The molecule has 0 saturated heterocycles. The van der Waals surface area contributed by atoms with Crippen molar-refractivity contribution in [2.24, 2.45) is 11.5 Å². The number of rotatable bonds is 0. The second-order valence-corrected chi connectivity index (χ2v) is 2.57. The minimum absolute atomic E-state index is 0.0417. The van der Waals surface area contributed by atoms with Gasteiger partial charge in [0.2, 0.25) is 0 Å². The maximum atomic E-state index is 6.22. The molecule has 0 heterocycles. The van der Waals surface area contributed by atoms with Gasteiger partial charge < -0.3 is 0 Å². The zero-order valence-corrected chi connectivity index (χ0v) is 7.40. The van der Waals surface area contributed by atoms with Crippen molar-refractivity contribution in [3.05, 3.63) is 0 Å². The Morgan fingerprint density at radius 1 is 1.00 bits per heavy atom. The molecule has 0 spiro atoms. The number of hydrogen-bond donors (Lipinski definition) is 4. The third-order valence-electron chi connectivity index (χ3n) is 0. The second-order valence-electron chi connectivity index (χ2n) is 0.729.